The summed E-state index contributed by atoms with van der Waals surface area (Å²) in [4.78, 5) is 2.35. The van der Waals surface area contributed by atoms with Crippen LogP contribution in [0.3, 0.4) is 0 Å². The average Bonchev–Trinajstić information content (AvgIpc) is 2.12. The number of nitrogens with zero attached hydrogens (tertiary/aromatic N) is 1. The van der Waals surface area contributed by atoms with Gasteiger partial charge in [0.15, 0.2) is 0 Å². The van der Waals surface area contributed by atoms with E-state index in [2.05, 4.69) is 50.2 Å². The minimum absolute atomic E-state index is 0.573. The molecule has 0 saturated carbocycles. The van der Waals surface area contributed by atoms with Gasteiger partial charge in [-0.05, 0) is 38.0 Å². The number of hydrogen-bond acceptors (Lipinski definition) is 2. The van der Waals surface area contributed by atoms with Gasteiger partial charge >= 0.3 is 0 Å². The van der Waals surface area contributed by atoms with Crippen molar-refractivity contribution in [1.29, 1.82) is 0 Å². The van der Waals surface area contributed by atoms with E-state index in [1.54, 1.807) is 0 Å². The second-order valence-corrected chi connectivity index (χ2v) is 4.32. The minimum atomic E-state index is 0.573. The standard InChI is InChI=1S/C12H18N2/c1-8-5-9(2)12-11(6-8)14(4)10(3)7-13-12/h5-6,10,13H,7H2,1-4H3. The molecule has 0 fully saturated rings. The highest BCUT2D eigenvalue weighted by Gasteiger charge is 2.20. The highest BCUT2D eigenvalue weighted by molar-refractivity contribution is 5.76. The van der Waals surface area contributed by atoms with Crippen LogP contribution in [-0.2, 0) is 0 Å². The lowest BCUT2D eigenvalue weighted by Gasteiger charge is -2.35. The number of rotatable bonds is 0. The molecular weight excluding hydrogens is 172 g/mol. The van der Waals surface area contributed by atoms with Gasteiger partial charge in [0.2, 0.25) is 0 Å². The maximum atomic E-state index is 3.50. The molecule has 1 aromatic rings. The van der Waals surface area contributed by atoms with Crippen molar-refractivity contribution in [3.8, 4) is 0 Å². The van der Waals surface area contributed by atoms with E-state index in [1.165, 1.54) is 22.5 Å². The van der Waals surface area contributed by atoms with E-state index in [9.17, 15) is 0 Å². The van der Waals surface area contributed by atoms with E-state index >= 15 is 0 Å². The second-order valence-electron chi connectivity index (χ2n) is 4.32. The zero-order valence-corrected chi connectivity index (χ0v) is 9.39. The van der Waals surface area contributed by atoms with Gasteiger partial charge in [-0.25, -0.2) is 0 Å². The Morgan fingerprint density at radius 3 is 2.79 bits per heavy atom. The SMILES string of the molecule is Cc1cc(C)c2c(c1)N(C)C(C)CN2. The third-order valence-corrected chi connectivity index (χ3v) is 3.07. The summed E-state index contributed by atoms with van der Waals surface area (Å²) < 4.78 is 0. The lowest BCUT2D eigenvalue weighted by atomic mass is 10.0. The van der Waals surface area contributed by atoms with Gasteiger partial charge in [0.25, 0.3) is 0 Å². The molecule has 0 spiro atoms. The molecule has 2 rings (SSSR count). The van der Waals surface area contributed by atoms with Crippen molar-refractivity contribution in [2.75, 3.05) is 23.8 Å². The van der Waals surface area contributed by atoms with Gasteiger partial charge in [-0.3, -0.25) is 0 Å². The number of fused-ring (bicyclic) bond motifs is 1. The third-order valence-electron chi connectivity index (χ3n) is 3.07. The summed E-state index contributed by atoms with van der Waals surface area (Å²) in [5.74, 6) is 0. The Morgan fingerprint density at radius 2 is 2.07 bits per heavy atom. The van der Waals surface area contributed by atoms with Crippen molar-refractivity contribution in [2.45, 2.75) is 26.8 Å². The number of likely N-dealkylation sites (N-methyl/N-ethyl adjacent to an activating group) is 1. The van der Waals surface area contributed by atoms with Crippen LogP contribution in [0.1, 0.15) is 18.1 Å². The molecule has 1 aliphatic rings. The molecule has 1 N–H and O–H groups in total. The van der Waals surface area contributed by atoms with E-state index in [0.29, 0.717) is 6.04 Å². The normalized spacial score (nSPS) is 20.3. The molecule has 14 heavy (non-hydrogen) atoms. The molecule has 2 nitrogen and oxygen atoms in total. The van der Waals surface area contributed by atoms with Crippen LogP contribution in [0.15, 0.2) is 12.1 Å². The van der Waals surface area contributed by atoms with E-state index in [1.807, 2.05) is 0 Å². The smallest absolute Gasteiger partial charge is 0.0608 e. The summed E-state index contributed by atoms with van der Waals surface area (Å²) in [6.45, 7) is 7.60. The molecule has 0 bridgehead atoms. The molecule has 1 atom stereocenters. The lowest BCUT2D eigenvalue weighted by molar-refractivity contribution is 0.698. The van der Waals surface area contributed by atoms with Crippen LogP contribution in [0.5, 0.6) is 0 Å². The van der Waals surface area contributed by atoms with Gasteiger partial charge in [-0.15, -0.1) is 0 Å². The second kappa shape index (κ2) is 3.19. The lowest BCUT2D eigenvalue weighted by Crippen LogP contribution is -2.39. The van der Waals surface area contributed by atoms with E-state index in [4.69, 9.17) is 0 Å². The van der Waals surface area contributed by atoms with Crippen LogP contribution >= 0.6 is 0 Å². The molecule has 2 heteroatoms. The van der Waals surface area contributed by atoms with Crippen LogP contribution < -0.4 is 10.2 Å². The first-order valence-electron chi connectivity index (χ1n) is 5.17. The molecule has 0 aromatic heterocycles. The summed E-state index contributed by atoms with van der Waals surface area (Å²) in [7, 11) is 2.17. The fourth-order valence-corrected chi connectivity index (χ4v) is 2.08. The van der Waals surface area contributed by atoms with Gasteiger partial charge in [0.05, 0.1) is 11.4 Å². The fourth-order valence-electron chi connectivity index (χ4n) is 2.08. The average molecular weight is 190 g/mol. The third kappa shape index (κ3) is 1.35. The Labute approximate surface area is 85.9 Å². The highest BCUT2D eigenvalue weighted by Crippen LogP contribution is 2.34. The molecule has 76 valence electrons. The molecule has 1 aromatic carbocycles. The first kappa shape index (κ1) is 9.38. The van der Waals surface area contributed by atoms with Gasteiger partial charge < -0.3 is 10.2 Å². The Kier molecular flexibility index (Phi) is 2.14. The van der Waals surface area contributed by atoms with Crippen molar-refractivity contribution in [2.24, 2.45) is 0 Å². The van der Waals surface area contributed by atoms with Crippen LogP contribution in [0.25, 0.3) is 0 Å². The molecule has 0 radical (unpaired) electrons. The first-order valence-corrected chi connectivity index (χ1v) is 5.17. The Bertz CT molecular complexity index is 358. The minimum Gasteiger partial charge on any atom is -0.381 e. The summed E-state index contributed by atoms with van der Waals surface area (Å²) in [6.07, 6.45) is 0. The zero-order valence-electron chi connectivity index (χ0n) is 9.39. The predicted molar refractivity (Wildman–Crippen MR) is 62.3 cm³/mol. The van der Waals surface area contributed by atoms with Gasteiger partial charge in [-0.1, -0.05) is 6.07 Å². The number of nitrogens with one attached hydrogen (secondary N) is 1. The zero-order chi connectivity index (χ0) is 10.3. The predicted octanol–water partition coefficient (Wildman–Crippen LogP) is 2.55. The maximum absolute atomic E-state index is 3.50. The number of hydrogen-bond donors (Lipinski definition) is 1. The topological polar surface area (TPSA) is 15.3 Å². The number of aryl methyl sites for hydroxylation is 2. The molecular formula is C12H18N2. The molecule has 0 saturated heterocycles. The van der Waals surface area contributed by atoms with E-state index in [0.717, 1.165) is 6.54 Å². The largest absolute Gasteiger partial charge is 0.381 e. The van der Waals surface area contributed by atoms with Crippen molar-refractivity contribution in [1.82, 2.24) is 0 Å². The molecule has 1 aliphatic heterocycles. The van der Waals surface area contributed by atoms with Crippen molar-refractivity contribution >= 4 is 11.4 Å². The van der Waals surface area contributed by atoms with Gasteiger partial charge in [-0.2, -0.15) is 0 Å². The van der Waals surface area contributed by atoms with Crippen LogP contribution in [0.4, 0.5) is 11.4 Å². The maximum Gasteiger partial charge on any atom is 0.0608 e. The molecule has 0 aliphatic carbocycles. The Hall–Kier alpha value is -1.18. The number of anilines is 2. The Morgan fingerprint density at radius 1 is 1.36 bits per heavy atom. The van der Waals surface area contributed by atoms with Crippen LogP contribution in [0.2, 0.25) is 0 Å². The van der Waals surface area contributed by atoms with Crippen molar-refractivity contribution < 1.29 is 0 Å². The van der Waals surface area contributed by atoms with Crippen molar-refractivity contribution in [3.63, 3.8) is 0 Å². The van der Waals surface area contributed by atoms with E-state index < -0.39 is 0 Å². The number of benzene rings is 1. The van der Waals surface area contributed by atoms with Gasteiger partial charge in [0, 0.05) is 19.6 Å². The van der Waals surface area contributed by atoms with Gasteiger partial charge in [0.1, 0.15) is 0 Å². The first-order chi connectivity index (χ1) is 6.59. The molecule has 1 heterocycles. The fraction of sp³-hybridized carbons (Fsp3) is 0.500. The van der Waals surface area contributed by atoms with E-state index in [-0.39, 0.29) is 0 Å². The Balaban J connectivity index is 2.54. The summed E-state index contributed by atoms with van der Waals surface area (Å²) in [6, 6.07) is 5.06. The van der Waals surface area contributed by atoms with Crippen molar-refractivity contribution in [3.05, 3.63) is 23.3 Å². The summed E-state index contributed by atoms with van der Waals surface area (Å²) >= 11 is 0. The molecule has 0 amide bonds. The summed E-state index contributed by atoms with van der Waals surface area (Å²) in [5.41, 5.74) is 5.32. The summed E-state index contributed by atoms with van der Waals surface area (Å²) in [5, 5.41) is 3.50. The highest BCUT2D eigenvalue weighted by atomic mass is 15.2. The molecule has 1 unspecified atom stereocenters. The monoisotopic (exact) mass is 190 g/mol. The van der Waals surface area contributed by atoms with Crippen LogP contribution in [0, 0.1) is 13.8 Å². The van der Waals surface area contributed by atoms with Crippen LogP contribution in [-0.4, -0.2) is 19.6 Å². The quantitative estimate of drug-likeness (QED) is 0.676.